The summed E-state index contributed by atoms with van der Waals surface area (Å²) in [7, 11) is 0. The molecule has 3 atom stereocenters. The second-order valence-electron chi connectivity index (χ2n) is 8.47. The highest BCUT2D eigenvalue weighted by molar-refractivity contribution is 7.13. The Bertz CT molecular complexity index is 1120. The number of rotatable bonds is 8. The Kier molecular flexibility index (Phi) is 6.99. The van der Waals surface area contributed by atoms with Gasteiger partial charge < -0.3 is 14.5 Å². The first-order valence-corrected chi connectivity index (χ1v) is 12.1. The Morgan fingerprint density at radius 1 is 1.27 bits per heavy atom. The number of Topliss-reactive ketones (excluding diaryl/α,β-unsaturated/α-hetero) is 1. The second-order valence-corrected chi connectivity index (χ2v) is 9.32. The summed E-state index contributed by atoms with van der Waals surface area (Å²) in [6.45, 7) is 5.69. The van der Waals surface area contributed by atoms with Crippen LogP contribution in [0.2, 0.25) is 0 Å². The van der Waals surface area contributed by atoms with E-state index in [0.717, 1.165) is 21.7 Å². The molecule has 3 aromatic rings. The topological polar surface area (TPSA) is 109 Å². The van der Waals surface area contributed by atoms with Gasteiger partial charge in [-0.1, -0.05) is 36.3 Å². The normalized spacial score (nSPS) is 19.1. The quantitative estimate of drug-likeness (QED) is 0.539. The molecule has 1 fully saturated rings. The molecule has 1 N–H and O–H groups in total. The molecular weight excluding hydrogens is 440 g/mol. The molecule has 0 radical (unpaired) electrons. The average molecular weight is 469 g/mol. The molecule has 8 nitrogen and oxygen atoms in total. The van der Waals surface area contributed by atoms with Crippen molar-refractivity contribution in [2.24, 2.45) is 0 Å². The third-order valence-electron chi connectivity index (χ3n) is 6.10. The van der Waals surface area contributed by atoms with Crippen LogP contribution in [0.5, 0.6) is 0 Å². The van der Waals surface area contributed by atoms with Crippen LogP contribution in [-0.4, -0.2) is 55.5 Å². The number of aromatic nitrogens is 3. The zero-order valence-electron chi connectivity index (χ0n) is 19.0. The first kappa shape index (κ1) is 23.3. The summed E-state index contributed by atoms with van der Waals surface area (Å²) < 4.78 is 5.21. The van der Waals surface area contributed by atoms with E-state index in [9.17, 15) is 14.7 Å². The lowest BCUT2D eigenvalue weighted by Gasteiger charge is -2.26. The predicted molar refractivity (Wildman–Crippen MR) is 124 cm³/mol. The number of thiazole rings is 1. The Labute approximate surface area is 196 Å². The van der Waals surface area contributed by atoms with E-state index in [2.05, 4.69) is 15.1 Å². The van der Waals surface area contributed by atoms with Crippen LogP contribution >= 0.6 is 11.3 Å². The molecule has 4 rings (SSSR count). The molecule has 3 heterocycles. The highest BCUT2D eigenvalue weighted by Gasteiger charge is 2.41. The predicted octanol–water partition coefficient (Wildman–Crippen LogP) is 3.47. The summed E-state index contributed by atoms with van der Waals surface area (Å²) in [4.78, 5) is 37.4. The maximum Gasteiger partial charge on any atom is 0.239 e. The minimum Gasteiger partial charge on any atom is -0.391 e. The van der Waals surface area contributed by atoms with Crippen molar-refractivity contribution in [3.05, 3.63) is 52.7 Å². The lowest BCUT2D eigenvalue weighted by molar-refractivity contribution is -0.139. The Balaban J connectivity index is 1.41. The van der Waals surface area contributed by atoms with Crippen molar-refractivity contribution >= 4 is 23.0 Å². The van der Waals surface area contributed by atoms with Gasteiger partial charge in [0.05, 0.1) is 28.2 Å². The van der Waals surface area contributed by atoms with E-state index in [1.54, 1.807) is 18.3 Å². The molecule has 9 heteroatoms. The zero-order valence-corrected chi connectivity index (χ0v) is 19.8. The van der Waals surface area contributed by atoms with Gasteiger partial charge in [-0.25, -0.2) is 4.98 Å². The third kappa shape index (κ3) is 5.04. The number of hydrogen-bond donors (Lipinski definition) is 1. The number of hydrogen-bond acceptors (Lipinski definition) is 8. The van der Waals surface area contributed by atoms with Crippen molar-refractivity contribution in [2.45, 2.75) is 64.5 Å². The van der Waals surface area contributed by atoms with E-state index in [4.69, 9.17) is 4.52 Å². The Morgan fingerprint density at radius 3 is 2.64 bits per heavy atom. The zero-order chi connectivity index (χ0) is 23.5. The molecule has 1 amide bonds. The lowest BCUT2D eigenvalue weighted by Crippen LogP contribution is -2.43. The number of aliphatic hydroxyl groups is 1. The summed E-state index contributed by atoms with van der Waals surface area (Å²) in [6, 6.07) is 7.52. The van der Waals surface area contributed by atoms with Gasteiger partial charge in [0.15, 0.2) is 11.6 Å². The number of nitrogens with zero attached hydrogens (tertiary/aromatic N) is 4. The molecule has 0 aliphatic carbocycles. The monoisotopic (exact) mass is 468 g/mol. The number of β-amino-alcohol motifs (C(OH)–C–C–N with tert-alkyl or cyclic N) is 1. The molecule has 1 aromatic carbocycles. The first-order valence-electron chi connectivity index (χ1n) is 11.2. The summed E-state index contributed by atoms with van der Waals surface area (Å²) in [5.74, 6) is -0.195. The van der Waals surface area contributed by atoms with Crippen molar-refractivity contribution in [1.82, 2.24) is 20.0 Å². The number of aryl methyl sites for hydroxylation is 3. The summed E-state index contributed by atoms with van der Waals surface area (Å²) >= 11 is 1.61. The van der Waals surface area contributed by atoms with Crippen LogP contribution in [0.15, 0.2) is 34.3 Å². The van der Waals surface area contributed by atoms with E-state index in [0.29, 0.717) is 25.1 Å². The van der Waals surface area contributed by atoms with Crippen LogP contribution in [-0.2, 0) is 16.0 Å². The van der Waals surface area contributed by atoms with Gasteiger partial charge in [-0.15, -0.1) is 11.3 Å². The number of ketones is 1. The van der Waals surface area contributed by atoms with Gasteiger partial charge in [-0.3, -0.25) is 9.59 Å². The molecular formula is C24H28N4O4S. The van der Waals surface area contributed by atoms with Gasteiger partial charge >= 0.3 is 0 Å². The van der Waals surface area contributed by atoms with Gasteiger partial charge in [0.2, 0.25) is 11.8 Å². The van der Waals surface area contributed by atoms with Gasteiger partial charge in [-0.05, 0) is 37.8 Å². The fourth-order valence-electron chi connectivity index (χ4n) is 4.31. The number of carbonyl (C=O) groups excluding carboxylic acids is 2. The highest BCUT2D eigenvalue weighted by atomic mass is 32.1. The van der Waals surface area contributed by atoms with Gasteiger partial charge in [-0.2, -0.15) is 4.98 Å². The van der Waals surface area contributed by atoms with Crippen LogP contribution in [0.25, 0.3) is 10.4 Å². The molecule has 0 spiro atoms. The summed E-state index contributed by atoms with van der Waals surface area (Å²) in [6.07, 6.45) is 0.894. The van der Waals surface area contributed by atoms with Crippen LogP contribution in [0.4, 0.5) is 0 Å². The summed E-state index contributed by atoms with van der Waals surface area (Å²) in [5, 5.41) is 14.0. The Hall–Kier alpha value is -2.91. The van der Waals surface area contributed by atoms with E-state index < -0.39 is 18.1 Å². The minimum absolute atomic E-state index is 0.0427. The first-order chi connectivity index (χ1) is 15.9. The van der Waals surface area contributed by atoms with Crippen molar-refractivity contribution in [2.75, 3.05) is 6.54 Å². The molecule has 0 saturated carbocycles. The lowest BCUT2D eigenvalue weighted by atomic mass is 9.99. The Morgan fingerprint density at radius 2 is 2.03 bits per heavy atom. The van der Waals surface area contributed by atoms with Gasteiger partial charge in [0, 0.05) is 19.4 Å². The fourth-order valence-corrected chi connectivity index (χ4v) is 5.12. The van der Waals surface area contributed by atoms with E-state index in [-0.39, 0.29) is 30.5 Å². The van der Waals surface area contributed by atoms with Crippen LogP contribution in [0.1, 0.15) is 55.1 Å². The fraction of sp³-hybridized carbons (Fsp3) is 0.458. The molecule has 174 valence electrons. The molecule has 1 aliphatic heterocycles. The standard InChI is InChI=1S/C24H28N4O4S/c1-4-19(23-26-15(3)27-32-23)24(31)28-12-18(29)11-20(28)21(30)10-7-16-5-8-17(9-6-16)22-14(2)25-13-33-22/h5-6,8-9,13,18-20,29H,4,7,10-12H2,1-3H3/t18-,19-,20+/m1/s1. The van der Waals surface area contributed by atoms with Crippen LogP contribution in [0.3, 0.4) is 0 Å². The maximum absolute atomic E-state index is 13.2. The largest absolute Gasteiger partial charge is 0.391 e. The highest BCUT2D eigenvalue weighted by Crippen LogP contribution is 2.29. The number of carbonyl (C=O) groups is 2. The number of likely N-dealkylation sites (tertiary alicyclic amines) is 1. The van der Waals surface area contributed by atoms with Gasteiger partial charge in [0.25, 0.3) is 0 Å². The van der Waals surface area contributed by atoms with Crippen molar-refractivity contribution < 1.29 is 19.2 Å². The molecule has 2 aromatic heterocycles. The van der Waals surface area contributed by atoms with E-state index >= 15 is 0 Å². The summed E-state index contributed by atoms with van der Waals surface area (Å²) in [5.41, 5.74) is 5.01. The van der Waals surface area contributed by atoms with Crippen LogP contribution < -0.4 is 0 Å². The second kappa shape index (κ2) is 9.93. The van der Waals surface area contributed by atoms with Crippen molar-refractivity contribution in [3.8, 4) is 10.4 Å². The molecule has 1 aliphatic rings. The number of aliphatic hydroxyl groups excluding tert-OH is 1. The molecule has 0 unspecified atom stereocenters. The molecule has 1 saturated heterocycles. The number of amides is 1. The average Bonchev–Trinajstić information content (AvgIpc) is 3.53. The maximum atomic E-state index is 13.2. The SMILES string of the molecule is CC[C@@H](C(=O)N1C[C@H](O)C[C@H]1C(=O)CCc1ccc(-c2scnc2C)cc1)c1nc(C)no1. The van der Waals surface area contributed by atoms with Crippen LogP contribution in [0, 0.1) is 13.8 Å². The third-order valence-corrected chi connectivity index (χ3v) is 7.08. The van der Waals surface area contributed by atoms with Gasteiger partial charge in [0.1, 0.15) is 5.92 Å². The molecule has 0 bridgehead atoms. The minimum atomic E-state index is -0.716. The van der Waals surface area contributed by atoms with E-state index in [1.807, 2.05) is 43.6 Å². The van der Waals surface area contributed by atoms with E-state index in [1.165, 1.54) is 4.90 Å². The van der Waals surface area contributed by atoms with Crippen molar-refractivity contribution in [1.29, 1.82) is 0 Å². The molecule has 33 heavy (non-hydrogen) atoms. The number of benzene rings is 1. The van der Waals surface area contributed by atoms with Crippen molar-refractivity contribution in [3.63, 3.8) is 0 Å². The smallest absolute Gasteiger partial charge is 0.239 e.